The zero-order valence-corrected chi connectivity index (χ0v) is 15.8. The van der Waals surface area contributed by atoms with E-state index in [4.69, 9.17) is 4.74 Å². The number of aromatic nitrogens is 2. The summed E-state index contributed by atoms with van der Waals surface area (Å²) < 4.78 is 32.2. The highest BCUT2D eigenvalue weighted by molar-refractivity contribution is 7.89. The van der Waals surface area contributed by atoms with Crippen LogP contribution in [0.1, 0.15) is 25.0 Å². The van der Waals surface area contributed by atoms with Crippen LogP contribution in [0.4, 0.5) is 5.95 Å². The van der Waals surface area contributed by atoms with Gasteiger partial charge in [-0.2, -0.15) is 0 Å². The van der Waals surface area contributed by atoms with Gasteiger partial charge in [-0.05, 0) is 12.5 Å². The summed E-state index contributed by atoms with van der Waals surface area (Å²) in [6.45, 7) is 2.47. The molecule has 3 rings (SSSR count). The minimum Gasteiger partial charge on any atom is -0.378 e. The van der Waals surface area contributed by atoms with E-state index in [0.717, 1.165) is 4.90 Å². The Balaban J connectivity index is 1.54. The Bertz CT molecular complexity index is 778. The summed E-state index contributed by atoms with van der Waals surface area (Å²) in [5, 5.41) is 0. The maximum Gasteiger partial charge on any atom is 0.229 e. The average Bonchev–Trinajstić information content (AvgIpc) is 2.67. The zero-order chi connectivity index (χ0) is 19.3. The zero-order valence-electron chi connectivity index (χ0n) is 15.0. The molecule has 2 amide bonds. The van der Waals surface area contributed by atoms with Gasteiger partial charge in [-0.1, -0.05) is 0 Å². The van der Waals surface area contributed by atoms with Crippen molar-refractivity contribution >= 4 is 27.8 Å². The van der Waals surface area contributed by atoms with Crippen LogP contribution in [0.3, 0.4) is 0 Å². The predicted octanol–water partition coefficient (Wildman–Crippen LogP) is -0.728. The lowest BCUT2D eigenvalue weighted by molar-refractivity contribution is -0.147. The third-order valence-electron chi connectivity index (χ3n) is 4.43. The van der Waals surface area contributed by atoms with E-state index in [2.05, 4.69) is 14.7 Å². The first-order valence-corrected chi connectivity index (χ1v) is 10.5. The third kappa shape index (κ3) is 5.44. The summed E-state index contributed by atoms with van der Waals surface area (Å²) in [5.74, 6) is -0.411. The van der Waals surface area contributed by atoms with Gasteiger partial charge >= 0.3 is 0 Å². The molecular formula is C16H23N5O5S. The summed E-state index contributed by atoms with van der Waals surface area (Å²) >= 11 is 0. The van der Waals surface area contributed by atoms with Gasteiger partial charge in [-0.25, -0.2) is 23.1 Å². The number of carbonyl (C=O) groups excluding carboxylic acids is 2. The second kappa shape index (κ2) is 8.72. The molecule has 2 aliphatic rings. The average molecular weight is 397 g/mol. The molecule has 0 aromatic carbocycles. The number of sulfonamides is 1. The molecule has 1 aromatic heterocycles. The maximum atomic E-state index is 12.2. The number of nitrogens with one attached hydrogen (secondary N) is 1. The number of hydrogen-bond acceptors (Lipinski definition) is 8. The Morgan fingerprint density at radius 3 is 2.56 bits per heavy atom. The van der Waals surface area contributed by atoms with Crippen molar-refractivity contribution in [1.82, 2.24) is 19.6 Å². The van der Waals surface area contributed by atoms with E-state index in [9.17, 15) is 18.0 Å². The monoisotopic (exact) mass is 397 g/mol. The molecule has 0 radical (unpaired) electrons. The lowest BCUT2D eigenvalue weighted by Gasteiger charge is -2.26. The van der Waals surface area contributed by atoms with Crippen LogP contribution >= 0.6 is 0 Å². The van der Waals surface area contributed by atoms with Crippen molar-refractivity contribution in [2.24, 2.45) is 0 Å². The first kappa shape index (κ1) is 19.6. The van der Waals surface area contributed by atoms with E-state index in [0.29, 0.717) is 44.4 Å². The molecule has 11 heteroatoms. The molecule has 2 aliphatic heterocycles. The number of anilines is 1. The molecule has 10 nitrogen and oxygen atoms in total. The number of likely N-dealkylation sites (tertiary alicyclic amines) is 1. The molecule has 0 saturated carbocycles. The number of morpholine rings is 1. The summed E-state index contributed by atoms with van der Waals surface area (Å²) in [4.78, 5) is 35.1. The number of ether oxygens (including phenoxy) is 1. The summed E-state index contributed by atoms with van der Waals surface area (Å²) in [7, 11) is -3.65. The van der Waals surface area contributed by atoms with Gasteiger partial charge in [0.1, 0.15) is 0 Å². The first-order chi connectivity index (χ1) is 12.9. The number of piperidine rings is 1. The lowest BCUT2D eigenvalue weighted by atomic mass is 10.1. The topological polar surface area (TPSA) is 122 Å². The quantitative estimate of drug-likeness (QED) is 0.598. The number of imide groups is 1. The van der Waals surface area contributed by atoms with Gasteiger partial charge in [0.15, 0.2) is 0 Å². The van der Waals surface area contributed by atoms with Crippen LogP contribution in [-0.4, -0.2) is 73.7 Å². The van der Waals surface area contributed by atoms with Crippen molar-refractivity contribution in [2.75, 3.05) is 43.5 Å². The standard InChI is InChI=1S/C16H23N5O5S/c22-14-2-1-3-15(23)21(14)8-11-27(24,25)18-12-13-4-5-17-16(19-13)20-6-9-26-10-7-20/h4-5,18H,1-3,6-12H2. The van der Waals surface area contributed by atoms with Gasteiger partial charge in [0.2, 0.25) is 27.8 Å². The molecule has 0 aliphatic carbocycles. The summed E-state index contributed by atoms with van der Waals surface area (Å²) in [6, 6.07) is 1.64. The van der Waals surface area contributed by atoms with Crippen molar-refractivity contribution in [2.45, 2.75) is 25.8 Å². The minimum absolute atomic E-state index is 0.0179. The van der Waals surface area contributed by atoms with E-state index in [1.54, 1.807) is 12.3 Å². The van der Waals surface area contributed by atoms with Gasteiger partial charge in [0, 0.05) is 38.7 Å². The molecule has 148 valence electrons. The van der Waals surface area contributed by atoms with Crippen LogP contribution in [0.25, 0.3) is 0 Å². The second-order valence-corrected chi connectivity index (χ2v) is 8.31. The van der Waals surface area contributed by atoms with Gasteiger partial charge in [0.05, 0.1) is 31.2 Å². The number of rotatable bonds is 7. The number of amides is 2. The predicted molar refractivity (Wildman–Crippen MR) is 96.3 cm³/mol. The lowest BCUT2D eigenvalue weighted by Crippen LogP contribution is -2.44. The molecular weight excluding hydrogens is 374 g/mol. The van der Waals surface area contributed by atoms with Crippen LogP contribution in [0.5, 0.6) is 0 Å². The van der Waals surface area contributed by atoms with Crippen molar-refractivity contribution in [1.29, 1.82) is 0 Å². The fraction of sp³-hybridized carbons (Fsp3) is 0.625. The molecule has 2 fully saturated rings. The van der Waals surface area contributed by atoms with Crippen LogP contribution in [0, 0.1) is 0 Å². The minimum atomic E-state index is -3.65. The van der Waals surface area contributed by atoms with Crippen LogP contribution in [0.2, 0.25) is 0 Å². The van der Waals surface area contributed by atoms with Crippen LogP contribution < -0.4 is 9.62 Å². The van der Waals surface area contributed by atoms with E-state index < -0.39 is 10.0 Å². The van der Waals surface area contributed by atoms with Gasteiger partial charge < -0.3 is 9.64 Å². The molecule has 0 atom stereocenters. The van der Waals surface area contributed by atoms with Gasteiger partial charge in [-0.15, -0.1) is 0 Å². The normalized spacial score (nSPS) is 18.8. The first-order valence-electron chi connectivity index (χ1n) is 8.90. The van der Waals surface area contributed by atoms with Gasteiger partial charge in [-0.3, -0.25) is 14.5 Å². The molecule has 2 saturated heterocycles. The Labute approximate surface area is 158 Å². The molecule has 0 unspecified atom stereocenters. The maximum absolute atomic E-state index is 12.2. The van der Waals surface area contributed by atoms with Crippen molar-refractivity contribution in [3.63, 3.8) is 0 Å². The van der Waals surface area contributed by atoms with Crippen LogP contribution in [-0.2, 0) is 30.9 Å². The largest absolute Gasteiger partial charge is 0.378 e. The van der Waals surface area contributed by atoms with Crippen molar-refractivity contribution in [3.05, 3.63) is 18.0 Å². The Morgan fingerprint density at radius 2 is 1.85 bits per heavy atom. The smallest absolute Gasteiger partial charge is 0.229 e. The Hall–Kier alpha value is -2.11. The fourth-order valence-electron chi connectivity index (χ4n) is 2.92. The molecule has 0 bridgehead atoms. The van der Waals surface area contributed by atoms with E-state index in [-0.39, 0.29) is 43.5 Å². The number of hydrogen-bond donors (Lipinski definition) is 1. The van der Waals surface area contributed by atoms with E-state index >= 15 is 0 Å². The van der Waals surface area contributed by atoms with E-state index in [1.807, 2.05) is 4.90 Å². The number of nitrogens with zero attached hydrogens (tertiary/aromatic N) is 4. The summed E-state index contributed by atoms with van der Waals surface area (Å²) in [5.41, 5.74) is 0.542. The molecule has 1 N–H and O–H groups in total. The molecule has 0 spiro atoms. The highest BCUT2D eigenvalue weighted by Gasteiger charge is 2.27. The molecule has 1 aromatic rings. The van der Waals surface area contributed by atoms with E-state index in [1.165, 1.54) is 0 Å². The highest BCUT2D eigenvalue weighted by atomic mass is 32.2. The third-order valence-corrected chi connectivity index (χ3v) is 5.74. The number of carbonyl (C=O) groups is 2. The molecule has 3 heterocycles. The second-order valence-electron chi connectivity index (χ2n) is 6.38. The molecule has 27 heavy (non-hydrogen) atoms. The highest BCUT2D eigenvalue weighted by Crippen LogP contribution is 2.12. The van der Waals surface area contributed by atoms with Crippen molar-refractivity contribution in [3.8, 4) is 0 Å². The Kier molecular flexibility index (Phi) is 6.34. The fourth-order valence-corrected chi connectivity index (χ4v) is 3.85. The Morgan fingerprint density at radius 1 is 1.15 bits per heavy atom. The SMILES string of the molecule is O=C1CCCC(=O)N1CCS(=O)(=O)NCc1ccnc(N2CCOCC2)n1. The van der Waals surface area contributed by atoms with Crippen LogP contribution in [0.15, 0.2) is 12.3 Å². The summed E-state index contributed by atoms with van der Waals surface area (Å²) in [6.07, 6.45) is 2.68. The van der Waals surface area contributed by atoms with Gasteiger partial charge in [0.25, 0.3) is 0 Å². The van der Waals surface area contributed by atoms with Crippen molar-refractivity contribution < 1.29 is 22.7 Å².